The number of alkyl halides is 2. The minimum absolute atomic E-state index is 0.277. The fraction of sp³-hybridized carbons (Fsp3) is 0.300. The molecule has 5 nitrogen and oxygen atoms in total. The number of amides is 2. The van der Waals surface area contributed by atoms with Crippen LogP contribution in [0.5, 0.6) is 0 Å². The number of carbonyl (C=O) groups excluding carboxylic acids is 1. The lowest BCUT2D eigenvalue weighted by Crippen LogP contribution is -2.49. The summed E-state index contributed by atoms with van der Waals surface area (Å²) in [5.74, 6) is -2.54. The van der Waals surface area contributed by atoms with Crippen LogP contribution in [-0.4, -0.2) is 47.8 Å². The van der Waals surface area contributed by atoms with Crippen LogP contribution in [-0.2, 0) is 6.54 Å². The third kappa shape index (κ3) is 5.44. The van der Waals surface area contributed by atoms with Crippen molar-refractivity contribution in [1.82, 2.24) is 9.80 Å². The van der Waals surface area contributed by atoms with E-state index in [0.29, 0.717) is 41.0 Å². The van der Waals surface area contributed by atoms with Crippen LogP contribution < -0.4 is 5.32 Å². The Hall–Kier alpha value is -2.63. The van der Waals surface area contributed by atoms with Gasteiger partial charge in [0, 0.05) is 37.6 Å². The Kier molecular flexibility index (Phi) is 6.85. The topological polar surface area (TPSA) is 59.4 Å². The molecule has 0 bridgehead atoms. The molecule has 0 radical (unpaired) electrons. The molecule has 2 aromatic rings. The van der Waals surface area contributed by atoms with Crippen LogP contribution in [0.4, 0.5) is 19.3 Å². The van der Waals surface area contributed by atoms with Crippen molar-refractivity contribution in [2.24, 2.45) is 0 Å². The molecule has 0 saturated carbocycles. The second-order valence-electron chi connectivity index (χ2n) is 6.38. The van der Waals surface area contributed by atoms with Crippen molar-refractivity contribution in [2.75, 3.05) is 31.5 Å². The maximum atomic E-state index is 12.7. The molecule has 0 spiro atoms. The number of rotatable bonds is 5. The van der Waals surface area contributed by atoms with Crippen molar-refractivity contribution in [2.45, 2.75) is 17.2 Å². The highest BCUT2D eigenvalue weighted by Crippen LogP contribution is 2.31. The largest absolute Gasteiger partial charge is 0.322 e. The summed E-state index contributed by atoms with van der Waals surface area (Å²) in [6.07, 6.45) is 0. The van der Waals surface area contributed by atoms with E-state index in [1.807, 2.05) is 12.1 Å². The number of piperazine rings is 1. The molecule has 1 fully saturated rings. The van der Waals surface area contributed by atoms with Crippen LogP contribution >= 0.6 is 11.8 Å². The molecule has 146 valence electrons. The van der Waals surface area contributed by atoms with Crippen LogP contribution in [0, 0.1) is 11.3 Å². The number of benzene rings is 2. The van der Waals surface area contributed by atoms with E-state index in [2.05, 4.69) is 16.3 Å². The lowest BCUT2D eigenvalue weighted by Gasteiger charge is -2.34. The van der Waals surface area contributed by atoms with Gasteiger partial charge in [0.2, 0.25) is 0 Å². The zero-order chi connectivity index (χ0) is 19.9. The molecule has 2 amide bonds. The number of thioether (sulfide) groups is 1. The number of hydrogen-bond donors (Lipinski definition) is 1. The number of nitrogens with zero attached hydrogens (tertiary/aromatic N) is 3. The zero-order valence-electron chi connectivity index (χ0n) is 15.1. The molecule has 1 heterocycles. The van der Waals surface area contributed by atoms with Crippen molar-refractivity contribution in [3.63, 3.8) is 0 Å². The molecule has 2 aromatic carbocycles. The average molecular weight is 402 g/mol. The number of nitrogens with one attached hydrogen (secondary N) is 1. The predicted molar refractivity (Wildman–Crippen MR) is 105 cm³/mol. The van der Waals surface area contributed by atoms with Crippen molar-refractivity contribution in [3.8, 4) is 6.07 Å². The fourth-order valence-corrected chi connectivity index (χ4v) is 3.61. The minimum atomic E-state index is -2.54. The highest BCUT2D eigenvalue weighted by molar-refractivity contribution is 7.99. The van der Waals surface area contributed by atoms with Crippen molar-refractivity contribution in [1.29, 1.82) is 5.26 Å². The first kappa shape index (κ1) is 20.1. The standard InChI is InChI=1S/C20H20F2N4OS/c21-19(22)28-18-4-2-1-3-17(18)24-20(27)26-11-9-25(10-12-26)14-16-7-5-15(13-23)6-8-16/h1-8,19H,9-12,14H2,(H,24,27). The number of halogens is 2. The smallest absolute Gasteiger partial charge is 0.321 e. The third-order valence-corrected chi connectivity index (χ3v) is 5.28. The Morgan fingerprint density at radius 2 is 1.79 bits per heavy atom. The van der Waals surface area contributed by atoms with Gasteiger partial charge >= 0.3 is 6.03 Å². The number of para-hydroxylation sites is 1. The second kappa shape index (κ2) is 9.53. The van der Waals surface area contributed by atoms with Crippen LogP contribution in [0.1, 0.15) is 11.1 Å². The Labute approximate surface area is 166 Å². The molecule has 28 heavy (non-hydrogen) atoms. The number of carbonyl (C=O) groups is 1. The van der Waals surface area contributed by atoms with Gasteiger partial charge in [0.25, 0.3) is 5.76 Å². The number of nitriles is 1. The molecule has 1 aliphatic heterocycles. The molecular formula is C20H20F2N4OS. The molecule has 1 saturated heterocycles. The summed E-state index contributed by atoms with van der Waals surface area (Å²) in [6.45, 7) is 3.33. The lowest BCUT2D eigenvalue weighted by atomic mass is 10.1. The second-order valence-corrected chi connectivity index (χ2v) is 7.41. The highest BCUT2D eigenvalue weighted by Gasteiger charge is 2.22. The predicted octanol–water partition coefficient (Wildman–Crippen LogP) is 4.22. The molecule has 0 aliphatic carbocycles. The van der Waals surface area contributed by atoms with Gasteiger partial charge in [0.1, 0.15) is 0 Å². The zero-order valence-corrected chi connectivity index (χ0v) is 16.0. The highest BCUT2D eigenvalue weighted by atomic mass is 32.2. The summed E-state index contributed by atoms with van der Waals surface area (Å²) in [4.78, 5) is 16.8. The van der Waals surface area contributed by atoms with E-state index in [9.17, 15) is 13.6 Å². The Bertz CT molecular complexity index is 846. The van der Waals surface area contributed by atoms with Gasteiger partial charge in [-0.3, -0.25) is 4.90 Å². The summed E-state index contributed by atoms with van der Waals surface area (Å²) < 4.78 is 25.4. The van der Waals surface area contributed by atoms with Crippen molar-refractivity contribution in [3.05, 3.63) is 59.7 Å². The molecule has 0 aromatic heterocycles. The van der Waals surface area contributed by atoms with Gasteiger partial charge in [-0.15, -0.1) is 0 Å². The fourth-order valence-electron chi connectivity index (χ4n) is 3.01. The lowest BCUT2D eigenvalue weighted by molar-refractivity contribution is 0.143. The molecular weight excluding hydrogens is 382 g/mol. The van der Waals surface area contributed by atoms with Gasteiger partial charge in [-0.2, -0.15) is 14.0 Å². The van der Waals surface area contributed by atoms with E-state index in [1.54, 1.807) is 41.3 Å². The van der Waals surface area contributed by atoms with E-state index >= 15 is 0 Å². The van der Waals surface area contributed by atoms with Crippen LogP contribution in [0.25, 0.3) is 0 Å². The molecule has 1 aliphatic rings. The van der Waals surface area contributed by atoms with Gasteiger partial charge < -0.3 is 10.2 Å². The van der Waals surface area contributed by atoms with Crippen molar-refractivity contribution >= 4 is 23.5 Å². The van der Waals surface area contributed by atoms with Crippen molar-refractivity contribution < 1.29 is 13.6 Å². The average Bonchev–Trinajstić information content (AvgIpc) is 2.70. The number of urea groups is 1. The summed E-state index contributed by atoms with van der Waals surface area (Å²) in [5.41, 5.74) is 2.16. The van der Waals surface area contributed by atoms with Gasteiger partial charge in [-0.25, -0.2) is 4.79 Å². The first-order chi connectivity index (χ1) is 13.5. The Balaban J connectivity index is 1.52. The first-order valence-electron chi connectivity index (χ1n) is 8.86. The maximum absolute atomic E-state index is 12.7. The SMILES string of the molecule is N#Cc1ccc(CN2CCN(C(=O)Nc3ccccc3SC(F)F)CC2)cc1. The van der Waals surface area contributed by atoms with Gasteiger partial charge in [0.15, 0.2) is 0 Å². The van der Waals surface area contributed by atoms with E-state index < -0.39 is 5.76 Å². The minimum Gasteiger partial charge on any atom is -0.322 e. The van der Waals surface area contributed by atoms with Gasteiger partial charge in [0.05, 0.1) is 17.3 Å². The summed E-state index contributed by atoms with van der Waals surface area (Å²) >= 11 is 0.423. The van der Waals surface area contributed by atoms with E-state index in [1.165, 1.54) is 0 Å². The summed E-state index contributed by atoms with van der Waals surface area (Å²) in [6, 6.07) is 15.9. The normalized spacial score (nSPS) is 14.7. The maximum Gasteiger partial charge on any atom is 0.321 e. The van der Waals surface area contributed by atoms with Crippen LogP contribution in [0.15, 0.2) is 53.4 Å². The van der Waals surface area contributed by atoms with Gasteiger partial charge in [-0.05, 0) is 29.8 Å². The van der Waals surface area contributed by atoms with Crippen LogP contribution in [0.3, 0.4) is 0 Å². The van der Waals surface area contributed by atoms with E-state index in [-0.39, 0.29) is 6.03 Å². The third-order valence-electron chi connectivity index (χ3n) is 4.49. The van der Waals surface area contributed by atoms with E-state index in [0.717, 1.165) is 25.2 Å². The van der Waals surface area contributed by atoms with Crippen LogP contribution in [0.2, 0.25) is 0 Å². The molecule has 1 N–H and O–H groups in total. The molecule has 0 unspecified atom stereocenters. The monoisotopic (exact) mass is 402 g/mol. The Morgan fingerprint density at radius 3 is 2.43 bits per heavy atom. The summed E-state index contributed by atoms with van der Waals surface area (Å²) in [5, 5.41) is 11.6. The number of hydrogen-bond acceptors (Lipinski definition) is 4. The van der Waals surface area contributed by atoms with E-state index in [4.69, 9.17) is 5.26 Å². The van der Waals surface area contributed by atoms with Gasteiger partial charge in [-0.1, -0.05) is 36.0 Å². The molecule has 0 atom stereocenters. The first-order valence-corrected chi connectivity index (χ1v) is 9.74. The quantitative estimate of drug-likeness (QED) is 0.761. The molecule has 3 rings (SSSR count). The summed E-state index contributed by atoms with van der Waals surface area (Å²) in [7, 11) is 0. The Morgan fingerprint density at radius 1 is 1.11 bits per heavy atom. The number of anilines is 1. The molecule has 8 heteroatoms.